The molecule has 0 aliphatic heterocycles. The van der Waals surface area contributed by atoms with Crippen molar-refractivity contribution in [2.75, 3.05) is 0 Å². The van der Waals surface area contributed by atoms with Crippen LogP contribution in [0.5, 0.6) is 0 Å². The molecule has 0 aromatic carbocycles. The number of ketones is 1. The number of aliphatic carboxylic acids is 1. The zero-order valence-corrected chi connectivity index (χ0v) is 10.7. The van der Waals surface area contributed by atoms with Crippen molar-refractivity contribution in [1.82, 2.24) is 0 Å². The highest BCUT2D eigenvalue weighted by atomic mass is 16.4. The number of rotatable bonds is 3. The molecule has 2 aliphatic rings. The highest BCUT2D eigenvalue weighted by Crippen LogP contribution is 2.51. The Morgan fingerprint density at radius 1 is 1.24 bits per heavy atom. The minimum absolute atomic E-state index is 0.124. The Labute approximate surface area is 103 Å². The molecule has 0 heterocycles. The van der Waals surface area contributed by atoms with E-state index in [9.17, 15) is 14.7 Å². The fraction of sp³-hybridized carbons (Fsp3) is 0.857. The molecule has 2 fully saturated rings. The van der Waals surface area contributed by atoms with Crippen molar-refractivity contribution < 1.29 is 14.7 Å². The smallest absolute Gasteiger partial charge is 0.310 e. The van der Waals surface area contributed by atoms with Crippen LogP contribution in [0.4, 0.5) is 0 Å². The van der Waals surface area contributed by atoms with Crippen LogP contribution in [0, 0.1) is 23.2 Å². The number of carbonyl (C=O) groups excluding carboxylic acids is 1. The van der Waals surface area contributed by atoms with E-state index in [1.807, 2.05) is 0 Å². The lowest BCUT2D eigenvalue weighted by Crippen LogP contribution is -2.50. The number of hydrogen-bond donors (Lipinski definition) is 1. The van der Waals surface area contributed by atoms with E-state index in [2.05, 4.69) is 13.8 Å². The zero-order valence-electron chi connectivity index (χ0n) is 10.7. The minimum Gasteiger partial charge on any atom is -0.481 e. The van der Waals surface area contributed by atoms with Crippen molar-refractivity contribution in [2.45, 2.75) is 52.4 Å². The molecule has 0 spiro atoms. The Balaban J connectivity index is 2.00. The Morgan fingerprint density at radius 3 is 2.12 bits per heavy atom. The second-order valence-electron chi connectivity index (χ2n) is 6.21. The second-order valence-corrected chi connectivity index (χ2v) is 6.21. The van der Waals surface area contributed by atoms with E-state index >= 15 is 0 Å². The monoisotopic (exact) mass is 238 g/mol. The van der Waals surface area contributed by atoms with Gasteiger partial charge in [0.15, 0.2) is 0 Å². The molecule has 0 radical (unpaired) electrons. The fourth-order valence-electron chi connectivity index (χ4n) is 3.60. The molecule has 2 saturated carbocycles. The van der Waals surface area contributed by atoms with Crippen LogP contribution in [-0.4, -0.2) is 16.9 Å². The quantitative estimate of drug-likeness (QED) is 0.822. The molecule has 0 saturated heterocycles. The topological polar surface area (TPSA) is 54.4 Å². The zero-order chi connectivity index (χ0) is 12.6. The molecule has 1 N–H and O–H groups in total. The molecule has 0 aromatic rings. The van der Waals surface area contributed by atoms with Gasteiger partial charge in [0.25, 0.3) is 0 Å². The highest BCUT2D eigenvalue weighted by molar-refractivity contribution is 5.97. The summed E-state index contributed by atoms with van der Waals surface area (Å²) < 4.78 is 0. The molecule has 2 rings (SSSR count). The van der Waals surface area contributed by atoms with Crippen molar-refractivity contribution in [3.8, 4) is 0 Å². The van der Waals surface area contributed by atoms with E-state index in [4.69, 9.17) is 0 Å². The summed E-state index contributed by atoms with van der Waals surface area (Å²) in [6.07, 6.45) is 4.79. The van der Waals surface area contributed by atoms with Crippen LogP contribution in [0.25, 0.3) is 0 Å². The molecular formula is C14H22O3. The third kappa shape index (κ3) is 2.12. The second kappa shape index (κ2) is 4.43. The summed E-state index contributed by atoms with van der Waals surface area (Å²) in [4.78, 5) is 22.6. The summed E-state index contributed by atoms with van der Waals surface area (Å²) in [5.41, 5.74) is -0.695. The summed E-state index contributed by atoms with van der Waals surface area (Å²) in [5, 5.41) is 9.38. The Bertz CT molecular complexity index is 316. The normalized spacial score (nSPS) is 32.3. The number of carboxylic acids is 1. The van der Waals surface area contributed by atoms with Gasteiger partial charge in [0.1, 0.15) is 5.78 Å². The van der Waals surface area contributed by atoms with Crippen LogP contribution in [0.1, 0.15) is 52.4 Å². The first-order valence-electron chi connectivity index (χ1n) is 6.71. The molecule has 0 unspecified atom stereocenters. The predicted octanol–water partition coefficient (Wildman–Crippen LogP) is 2.88. The van der Waals surface area contributed by atoms with Gasteiger partial charge in [-0.3, -0.25) is 9.59 Å². The molecule has 96 valence electrons. The molecular weight excluding hydrogens is 216 g/mol. The van der Waals surface area contributed by atoms with Crippen LogP contribution in [0.15, 0.2) is 0 Å². The fourth-order valence-corrected chi connectivity index (χ4v) is 3.60. The minimum atomic E-state index is -0.745. The lowest BCUT2D eigenvalue weighted by molar-refractivity contribution is -0.167. The van der Waals surface area contributed by atoms with E-state index in [1.54, 1.807) is 0 Å². The van der Waals surface area contributed by atoms with Gasteiger partial charge >= 0.3 is 5.97 Å². The molecule has 3 nitrogen and oxygen atoms in total. The van der Waals surface area contributed by atoms with Crippen molar-refractivity contribution in [3.63, 3.8) is 0 Å². The first kappa shape index (κ1) is 12.6. The van der Waals surface area contributed by atoms with Crippen LogP contribution < -0.4 is 0 Å². The average Bonchev–Trinajstić information content (AvgIpc) is 2.24. The third-order valence-corrected chi connectivity index (χ3v) is 4.95. The van der Waals surface area contributed by atoms with Gasteiger partial charge in [-0.1, -0.05) is 13.8 Å². The maximum Gasteiger partial charge on any atom is 0.310 e. The number of carbonyl (C=O) groups is 2. The van der Waals surface area contributed by atoms with Crippen molar-refractivity contribution in [1.29, 1.82) is 0 Å². The van der Waals surface area contributed by atoms with Gasteiger partial charge in [0.2, 0.25) is 0 Å². The van der Waals surface area contributed by atoms with E-state index in [-0.39, 0.29) is 24.5 Å². The maximum atomic E-state index is 11.4. The van der Waals surface area contributed by atoms with E-state index < -0.39 is 11.4 Å². The first-order chi connectivity index (χ1) is 7.95. The van der Waals surface area contributed by atoms with Crippen molar-refractivity contribution >= 4 is 11.8 Å². The van der Waals surface area contributed by atoms with E-state index in [1.165, 1.54) is 0 Å². The summed E-state index contributed by atoms with van der Waals surface area (Å²) >= 11 is 0. The van der Waals surface area contributed by atoms with Gasteiger partial charge in [-0.25, -0.2) is 0 Å². The SMILES string of the molecule is CC(C)C1CCC(C2(C(=O)O)CC(=O)C2)CC1. The van der Waals surface area contributed by atoms with Gasteiger partial charge in [-0.2, -0.15) is 0 Å². The Kier molecular flexibility index (Phi) is 3.28. The third-order valence-electron chi connectivity index (χ3n) is 4.95. The van der Waals surface area contributed by atoms with Gasteiger partial charge < -0.3 is 5.11 Å². The number of carboxylic acid groups (broad SMARTS) is 1. The van der Waals surface area contributed by atoms with Crippen LogP contribution in [0.2, 0.25) is 0 Å². The van der Waals surface area contributed by atoms with Crippen LogP contribution in [0.3, 0.4) is 0 Å². The van der Waals surface area contributed by atoms with Crippen LogP contribution in [-0.2, 0) is 9.59 Å². The average molecular weight is 238 g/mol. The summed E-state index contributed by atoms with van der Waals surface area (Å²) in [5.74, 6) is 1.05. The molecule has 0 aromatic heterocycles. The standard InChI is InChI=1S/C14H22O3/c1-9(2)10-3-5-11(6-4-10)14(13(16)17)7-12(15)8-14/h9-11H,3-8H2,1-2H3,(H,16,17). The molecule has 0 atom stereocenters. The summed E-state index contributed by atoms with van der Waals surface area (Å²) in [6.45, 7) is 4.48. The Morgan fingerprint density at radius 2 is 1.76 bits per heavy atom. The van der Waals surface area contributed by atoms with Crippen LogP contribution >= 0.6 is 0 Å². The molecule has 2 aliphatic carbocycles. The van der Waals surface area contributed by atoms with Gasteiger partial charge in [0, 0.05) is 12.8 Å². The largest absolute Gasteiger partial charge is 0.481 e. The lowest BCUT2D eigenvalue weighted by Gasteiger charge is -2.46. The molecule has 17 heavy (non-hydrogen) atoms. The van der Waals surface area contributed by atoms with Gasteiger partial charge in [0.05, 0.1) is 5.41 Å². The van der Waals surface area contributed by atoms with Gasteiger partial charge in [-0.05, 0) is 43.4 Å². The maximum absolute atomic E-state index is 11.4. The van der Waals surface area contributed by atoms with Crippen molar-refractivity contribution in [3.05, 3.63) is 0 Å². The summed E-state index contributed by atoms with van der Waals surface area (Å²) in [6, 6.07) is 0. The molecule has 3 heteroatoms. The summed E-state index contributed by atoms with van der Waals surface area (Å²) in [7, 11) is 0. The first-order valence-corrected chi connectivity index (χ1v) is 6.71. The van der Waals surface area contributed by atoms with Crippen molar-refractivity contribution in [2.24, 2.45) is 23.2 Å². The highest BCUT2D eigenvalue weighted by Gasteiger charge is 2.55. The van der Waals surface area contributed by atoms with E-state index in [0.717, 1.165) is 31.6 Å². The predicted molar refractivity (Wildman–Crippen MR) is 64.6 cm³/mol. The molecule has 0 amide bonds. The lowest BCUT2D eigenvalue weighted by atomic mass is 9.56. The number of Topliss-reactive ketones (excluding diaryl/α,β-unsaturated/α-hetero) is 1. The number of hydrogen-bond acceptors (Lipinski definition) is 2. The molecule has 0 bridgehead atoms. The Hall–Kier alpha value is -0.860. The van der Waals surface area contributed by atoms with E-state index in [0.29, 0.717) is 5.92 Å². The van der Waals surface area contributed by atoms with Gasteiger partial charge in [-0.15, -0.1) is 0 Å².